The van der Waals surface area contributed by atoms with E-state index in [1.807, 2.05) is 0 Å². The molecule has 1 saturated heterocycles. The number of hydrogen-bond donors (Lipinski definition) is 2. The van der Waals surface area contributed by atoms with E-state index >= 15 is 0 Å². The van der Waals surface area contributed by atoms with E-state index in [0.29, 0.717) is 6.54 Å². The highest BCUT2D eigenvalue weighted by atomic mass is 16.6. The fourth-order valence-corrected chi connectivity index (χ4v) is 2.67. The number of nitrogens with zero attached hydrogens (tertiary/aromatic N) is 2. The van der Waals surface area contributed by atoms with Crippen LogP contribution in [0.4, 0.5) is 11.4 Å². The lowest BCUT2D eigenvalue weighted by atomic mass is 9.95. The van der Waals surface area contributed by atoms with Crippen LogP contribution in [-0.2, 0) is 4.79 Å². The highest BCUT2D eigenvalue weighted by Gasteiger charge is 2.23. The predicted molar refractivity (Wildman–Crippen MR) is 99.2 cm³/mol. The maximum absolute atomic E-state index is 12.4. The Kier molecular flexibility index (Phi) is 6.31. The van der Waals surface area contributed by atoms with Crippen LogP contribution in [0.3, 0.4) is 0 Å². The highest BCUT2D eigenvalue weighted by Crippen LogP contribution is 2.23. The lowest BCUT2D eigenvalue weighted by Gasteiger charge is -2.18. The topological polar surface area (TPSA) is 105 Å². The van der Waals surface area contributed by atoms with E-state index in [2.05, 4.69) is 15.5 Å². The van der Waals surface area contributed by atoms with Gasteiger partial charge >= 0.3 is 0 Å². The monoisotopic (exact) mass is 362 g/mol. The summed E-state index contributed by atoms with van der Waals surface area (Å²) in [7, 11) is 0. The van der Waals surface area contributed by atoms with Gasteiger partial charge < -0.3 is 15.5 Å². The van der Waals surface area contributed by atoms with Gasteiger partial charge in [0.05, 0.1) is 4.92 Å². The van der Waals surface area contributed by atoms with Gasteiger partial charge in [-0.15, -0.1) is 0 Å². The first-order chi connectivity index (χ1) is 12.2. The molecule has 0 saturated carbocycles. The highest BCUT2D eigenvalue weighted by molar-refractivity contribution is 5.99. The Morgan fingerprint density at radius 3 is 2.42 bits per heavy atom. The van der Waals surface area contributed by atoms with Gasteiger partial charge in [0, 0.05) is 41.9 Å². The second kappa shape index (κ2) is 8.27. The van der Waals surface area contributed by atoms with E-state index in [4.69, 9.17) is 0 Å². The van der Waals surface area contributed by atoms with Crippen LogP contribution < -0.4 is 10.6 Å². The zero-order valence-electron chi connectivity index (χ0n) is 15.5. The molecule has 1 aromatic rings. The van der Waals surface area contributed by atoms with Crippen LogP contribution in [0.1, 0.15) is 44.0 Å². The number of rotatable bonds is 6. The Balaban J connectivity index is 2.09. The first-order valence-corrected chi connectivity index (χ1v) is 8.78. The van der Waals surface area contributed by atoms with Crippen molar-refractivity contribution in [2.75, 3.05) is 31.5 Å². The van der Waals surface area contributed by atoms with Crippen LogP contribution in [-0.4, -0.2) is 47.8 Å². The van der Waals surface area contributed by atoms with Gasteiger partial charge in [0.1, 0.15) is 0 Å². The van der Waals surface area contributed by atoms with Crippen molar-refractivity contribution in [1.29, 1.82) is 0 Å². The third-order valence-electron chi connectivity index (χ3n) is 4.24. The number of non-ortho nitro benzene ring substituents is 1. The summed E-state index contributed by atoms with van der Waals surface area (Å²) in [6.07, 6.45) is 2.35. The van der Waals surface area contributed by atoms with Crippen molar-refractivity contribution in [3.05, 3.63) is 33.9 Å². The molecule has 0 spiro atoms. The third-order valence-corrected chi connectivity index (χ3v) is 4.24. The van der Waals surface area contributed by atoms with Crippen molar-refractivity contribution >= 4 is 23.2 Å². The molecule has 1 aliphatic heterocycles. The molecule has 1 fully saturated rings. The number of nitrogens with one attached hydrogen (secondary N) is 2. The molecule has 1 aliphatic rings. The van der Waals surface area contributed by atoms with Crippen molar-refractivity contribution < 1.29 is 14.5 Å². The molecule has 142 valence electrons. The van der Waals surface area contributed by atoms with Gasteiger partial charge in [0.2, 0.25) is 5.91 Å². The van der Waals surface area contributed by atoms with Crippen LogP contribution in [0.15, 0.2) is 18.2 Å². The van der Waals surface area contributed by atoms with Crippen LogP contribution in [0, 0.1) is 15.5 Å². The maximum atomic E-state index is 12.4. The van der Waals surface area contributed by atoms with Gasteiger partial charge in [0.25, 0.3) is 11.6 Å². The van der Waals surface area contributed by atoms with Gasteiger partial charge in [0.15, 0.2) is 0 Å². The van der Waals surface area contributed by atoms with E-state index in [1.165, 1.54) is 31.0 Å². The number of carbonyl (C=O) groups excluding carboxylic acids is 2. The molecule has 2 rings (SSSR count). The van der Waals surface area contributed by atoms with Crippen molar-refractivity contribution in [2.45, 2.75) is 33.6 Å². The zero-order valence-corrected chi connectivity index (χ0v) is 15.5. The van der Waals surface area contributed by atoms with E-state index in [0.717, 1.165) is 19.6 Å². The minimum atomic E-state index is -0.650. The van der Waals surface area contributed by atoms with E-state index in [-0.39, 0.29) is 28.8 Å². The van der Waals surface area contributed by atoms with E-state index < -0.39 is 10.3 Å². The molecular formula is C18H26N4O4. The van der Waals surface area contributed by atoms with Gasteiger partial charge in [-0.2, -0.15) is 0 Å². The van der Waals surface area contributed by atoms with Crippen LogP contribution in [0.25, 0.3) is 0 Å². The smallest absolute Gasteiger partial charge is 0.272 e. The Morgan fingerprint density at radius 2 is 1.85 bits per heavy atom. The Hall–Kier alpha value is -2.48. The van der Waals surface area contributed by atoms with E-state index in [9.17, 15) is 19.7 Å². The molecule has 0 aromatic heterocycles. The van der Waals surface area contributed by atoms with Crippen molar-refractivity contribution in [1.82, 2.24) is 10.2 Å². The number of amides is 2. The zero-order chi connectivity index (χ0) is 19.3. The molecule has 0 atom stereocenters. The SMILES string of the molecule is CC(C)(C)C(=O)Nc1cc(C(=O)NCCN2CCCC2)cc([N+](=O)[O-])c1. The average molecular weight is 362 g/mol. The first-order valence-electron chi connectivity index (χ1n) is 8.78. The molecule has 2 N–H and O–H groups in total. The van der Waals surface area contributed by atoms with Crippen molar-refractivity contribution in [3.63, 3.8) is 0 Å². The molecule has 8 heteroatoms. The number of benzene rings is 1. The molecule has 1 aromatic carbocycles. The second-order valence-corrected chi connectivity index (χ2v) is 7.53. The number of carbonyl (C=O) groups is 2. The summed E-state index contributed by atoms with van der Waals surface area (Å²) >= 11 is 0. The van der Waals surface area contributed by atoms with Gasteiger partial charge in [-0.25, -0.2) is 0 Å². The predicted octanol–water partition coefficient (Wildman–Crippen LogP) is 2.41. The summed E-state index contributed by atoms with van der Waals surface area (Å²) in [5.41, 5.74) is -0.488. The van der Waals surface area contributed by atoms with Crippen LogP contribution in [0.2, 0.25) is 0 Å². The van der Waals surface area contributed by atoms with Gasteiger partial charge in [-0.3, -0.25) is 19.7 Å². The number of nitro benzene ring substituents is 1. The fraction of sp³-hybridized carbons (Fsp3) is 0.556. The molecular weight excluding hydrogens is 336 g/mol. The molecule has 1 heterocycles. The minimum Gasteiger partial charge on any atom is -0.351 e. The molecule has 0 aliphatic carbocycles. The normalized spacial score (nSPS) is 14.9. The molecule has 0 bridgehead atoms. The number of likely N-dealkylation sites (tertiary alicyclic amines) is 1. The maximum Gasteiger partial charge on any atom is 0.272 e. The Bertz CT molecular complexity index is 691. The standard InChI is InChI=1S/C18H26N4O4/c1-18(2,3)17(24)20-14-10-13(11-15(12-14)22(25)26)16(23)19-6-9-21-7-4-5-8-21/h10-12H,4-9H2,1-3H3,(H,19,23)(H,20,24). The van der Waals surface area contributed by atoms with E-state index in [1.54, 1.807) is 20.8 Å². The third kappa shape index (κ3) is 5.52. The van der Waals surface area contributed by atoms with Crippen LogP contribution >= 0.6 is 0 Å². The second-order valence-electron chi connectivity index (χ2n) is 7.53. The molecule has 0 unspecified atom stereocenters. The number of anilines is 1. The summed E-state index contributed by atoms with van der Waals surface area (Å²) in [4.78, 5) is 37.3. The Labute approximate surface area is 153 Å². The summed E-state index contributed by atoms with van der Waals surface area (Å²) in [6, 6.07) is 3.93. The number of nitro groups is 1. The Morgan fingerprint density at radius 1 is 1.19 bits per heavy atom. The van der Waals surface area contributed by atoms with Crippen LogP contribution in [0.5, 0.6) is 0 Å². The minimum absolute atomic E-state index is 0.157. The lowest BCUT2D eigenvalue weighted by Crippen LogP contribution is -2.33. The fourth-order valence-electron chi connectivity index (χ4n) is 2.67. The summed E-state index contributed by atoms with van der Waals surface area (Å²) < 4.78 is 0. The van der Waals surface area contributed by atoms with Gasteiger partial charge in [-0.1, -0.05) is 20.8 Å². The summed E-state index contributed by atoms with van der Waals surface area (Å²) in [5.74, 6) is -0.669. The molecule has 2 amide bonds. The summed E-state index contributed by atoms with van der Waals surface area (Å²) in [6.45, 7) is 8.54. The van der Waals surface area contributed by atoms with Crippen molar-refractivity contribution in [2.24, 2.45) is 5.41 Å². The van der Waals surface area contributed by atoms with Crippen molar-refractivity contribution in [3.8, 4) is 0 Å². The largest absolute Gasteiger partial charge is 0.351 e. The molecule has 0 radical (unpaired) electrons. The lowest BCUT2D eigenvalue weighted by molar-refractivity contribution is -0.384. The number of hydrogen-bond acceptors (Lipinski definition) is 5. The van der Waals surface area contributed by atoms with Gasteiger partial charge in [-0.05, 0) is 32.0 Å². The average Bonchev–Trinajstić information content (AvgIpc) is 3.06. The summed E-state index contributed by atoms with van der Waals surface area (Å²) in [5, 5.41) is 16.6. The quantitative estimate of drug-likeness (QED) is 0.597. The molecule has 8 nitrogen and oxygen atoms in total. The molecule has 26 heavy (non-hydrogen) atoms. The first kappa shape index (κ1) is 19.8.